The van der Waals surface area contributed by atoms with E-state index in [1.807, 2.05) is 18.3 Å². The van der Waals surface area contributed by atoms with Crippen molar-refractivity contribution in [2.45, 2.75) is 95.0 Å². The molecule has 3 aromatic heterocycles. The Kier molecular flexibility index (Phi) is 9.89. The summed E-state index contributed by atoms with van der Waals surface area (Å²) in [6.45, 7) is 7.59. The number of aromatic carboxylic acids is 1. The Labute approximate surface area is 315 Å². The second-order valence-corrected chi connectivity index (χ2v) is 16.6. The zero-order valence-corrected chi connectivity index (χ0v) is 31.9. The van der Waals surface area contributed by atoms with Crippen LogP contribution in [0.15, 0.2) is 65.7 Å². The second-order valence-electron chi connectivity index (χ2n) is 15.7. The average molecular weight is 732 g/mol. The van der Waals surface area contributed by atoms with E-state index in [-0.39, 0.29) is 17.0 Å². The lowest BCUT2D eigenvalue weighted by molar-refractivity contribution is 0.0414. The van der Waals surface area contributed by atoms with Crippen molar-refractivity contribution in [3.8, 4) is 17.1 Å². The van der Waals surface area contributed by atoms with Crippen LogP contribution in [0.25, 0.3) is 22.4 Å². The summed E-state index contributed by atoms with van der Waals surface area (Å²) in [5.41, 5.74) is 8.70. The highest BCUT2D eigenvalue weighted by Crippen LogP contribution is 2.49. The van der Waals surface area contributed by atoms with Crippen molar-refractivity contribution in [2.24, 2.45) is 24.8 Å². The molecule has 10 nitrogen and oxygen atoms in total. The van der Waals surface area contributed by atoms with Gasteiger partial charge in [-0.05, 0) is 91.8 Å². The van der Waals surface area contributed by atoms with E-state index in [2.05, 4.69) is 66.7 Å². The minimum Gasteiger partial charge on any atom is -0.478 e. The molecule has 0 amide bonds. The number of ether oxygens (including phenoxy) is 1. The van der Waals surface area contributed by atoms with Crippen molar-refractivity contribution in [3.05, 3.63) is 88.9 Å². The molecule has 53 heavy (non-hydrogen) atoms. The van der Waals surface area contributed by atoms with Gasteiger partial charge in [0.15, 0.2) is 5.65 Å². The van der Waals surface area contributed by atoms with Crippen LogP contribution in [0.4, 0.5) is 5.95 Å². The van der Waals surface area contributed by atoms with E-state index in [0.29, 0.717) is 42.7 Å². The van der Waals surface area contributed by atoms with Gasteiger partial charge in [0.1, 0.15) is 12.1 Å². The quantitative estimate of drug-likeness (QED) is 0.0901. The highest BCUT2D eigenvalue weighted by Gasteiger charge is 2.42. The maximum atomic E-state index is 11.6. The van der Waals surface area contributed by atoms with Crippen molar-refractivity contribution in [3.63, 3.8) is 0 Å². The van der Waals surface area contributed by atoms with Gasteiger partial charge in [-0.15, -0.1) is 0 Å². The molecule has 11 heteroatoms. The Hall–Kier alpha value is -4.48. The molecule has 0 radical (unpaired) electrons. The SMILES string of the molecule is Cc1cccc(C)c1-c1cc(OCC(NCc2cnc3cc(C4(C)CC4)n(C)c3n2)C(C2CCC2)C2CCC2)nc(NSc2cccc(C(=O)O)c2)n1. The molecule has 0 bridgehead atoms. The van der Waals surface area contributed by atoms with Crippen LogP contribution < -0.4 is 14.8 Å². The van der Waals surface area contributed by atoms with Crippen molar-refractivity contribution < 1.29 is 14.6 Å². The minimum atomic E-state index is -0.966. The average Bonchev–Trinajstić information content (AvgIpc) is 3.76. The van der Waals surface area contributed by atoms with Gasteiger partial charge in [-0.3, -0.25) is 9.71 Å². The molecule has 276 valence electrons. The molecule has 3 aliphatic carbocycles. The summed E-state index contributed by atoms with van der Waals surface area (Å²) >= 11 is 1.28. The first-order chi connectivity index (χ1) is 25.6. The maximum Gasteiger partial charge on any atom is 0.335 e. The van der Waals surface area contributed by atoms with Gasteiger partial charge in [0.2, 0.25) is 11.8 Å². The van der Waals surface area contributed by atoms with Crippen molar-refractivity contribution in [1.29, 1.82) is 0 Å². The molecule has 1 atom stereocenters. The molecule has 3 heterocycles. The van der Waals surface area contributed by atoms with E-state index in [0.717, 1.165) is 44.1 Å². The van der Waals surface area contributed by atoms with Crippen LogP contribution in [0.1, 0.15) is 91.2 Å². The lowest BCUT2D eigenvalue weighted by Gasteiger charge is -2.46. The zero-order chi connectivity index (χ0) is 36.7. The molecule has 3 saturated carbocycles. The predicted octanol–water partition coefficient (Wildman–Crippen LogP) is 8.66. The van der Waals surface area contributed by atoms with Crippen molar-refractivity contribution in [1.82, 2.24) is 29.8 Å². The molecule has 8 rings (SSSR count). The lowest BCUT2D eigenvalue weighted by atomic mass is 9.62. The number of anilines is 1. The summed E-state index contributed by atoms with van der Waals surface area (Å²) in [7, 11) is 2.12. The summed E-state index contributed by atoms with van der Waals surface area (Å²) in [4.78, 5) is 32.0. The van der Waals surface area contributed by atoms with Gasteiger partial charge >= 0.3 is 5.97 Å². The Morgan fingerprint density at radius 3 is 2.38 bits per heavy atom. The highest BCUT2D eigenvalue weighted by molar-refractivity contribution is 8.00. The fourth-order valence-corrected chi connectivity index (χ4v) is 8.95. The summed E-state index contributed by atoms with van der Waals surface area (Å²) in [5.74, 6) is 1.83. The maximum absolute atomic E-state index is 11.6. The number of nitrogens with one attached hydrogen (secondary N) is 2. The number of carboxylic acid groups (broad SMARTS) is 1. The molecule has 0 aliphatic heterocycles. The summed E-state index contributed by atoms with van der Waals surface area (Å²) in [5, 5.41) is 13.4. The Balaban J connectivity index is 1.06. The van der Waals surface area contributed by atoms with Crippen LogP contribution in [0.3, 0.4) is 0 Å². The summed E-state index contributed by atoms with van der Waals surface area (Å²) in [6.07, 6.45) is 12.0. The third-order valence-electron chi connectivity index (χ3n) is 12.0. The van der Waals surface area contributed by atoms with Gasteiger partial charge in [-0.2, -0.15) is 4.98 Å². The molecule has 3 N–H and O–H groups in total. The number of carbonyl (C=O) groups is 1. The molecular formula is C42H49N7O3S. The molecular weight excluding hydrogens is 683 g/mol. The monoisotopic (exact) mass is 731 g/mol. The Bertz CT molecular complexity index is 2100. The van der Waals surface area contributed by atoms with Crippen LogP contribution in [0.2, 0.25) is 0 Å². The fraction of sp³-hybridized carbons (Fsp3) is 0.452. The fourth-order valence-electron chi connectivity index (χ4n) is 8.32. The summed E-state index contributed by atoms with van der Waals surface area (Å²) < 4.78 is 12.2. The van der Waals surface area contributed by atoms with Gasteiger partial charge in [0.05, 0.1) is 23.1 Å². The number of hydrogen-bond acceptors (Lipinski definition) is 9. The van der Waals surface area contributed by atoms with Crippen LogP contribution in [0, 0.1) is 31.6 Å². The van der Waals surface area contributed by atoms with Crippen molar-refractivity contribution in [2.75, 3.05) is 11.3 Å². The van der Waals surface area contributed by atoms with Crippen LogP contribution in [-0.2, 0) is 19.0 Å². The first-order valence-electron chi connectivity index (χ1n) is 19.0. The Morgan fingerprint density at radius 2 is 1.72 bits per heavy atom. The number of fused-ring (bicyclic) bond motifs is 1. The number of aryl methyl sites for hydroxylation is 3. The number of hydrogen-bond donors (Lipinski definition) is 3. The van der Waals surface area contributed by atoms with E-state index < -0.39 is 5.97 Å². The van der Waals surface area contributed by atoms with Gasteiger partial charge in [0.25, 0.3) is 0 Å². The van der Waals surface area contributed by atoms with Gasteiger partial charge < -0.3 is 19.7 Å². The molecule has 3 aliphatic rings. The third-order valence-corrected chi connectivity index (χ3v) is 12.8. The molecule has 2 aromatic carbocycles. The summed E-state index contributed by atoms with van der Waals surface area (Å²) in [6, 6.07) is 17.3. The number of aromatic nitrogens is 5. The number of nitrogens with zero attached hydrogens (tertiary/aromatic N) is 5. The number of benzene rings is 2. The zero-order valence-electron chi connectivity index (χ0n) is 31.1. The topological polar surface area (TPSA) is 127 Å². The molecule has 3 fully saturated rings. The van der Waals surface area contributed by atoms with Crippen LogP contribution >= 0.6 is 11.9 Å². The molecule has 5 aromatic rings. The van der Waals surface area contributed by atoms with E-state index >= 15 is 0 Å². The third kappa shape index (κ3) is 7.51. The van der Waals surface area contributed by atoms with E-state index in [9.17, 15) is 9.90 Å². The number of rotatable bonds is 15. The predicted molar refractivity (Wildman–Crippen MR) is 209 cm³/mol. The number of carboxylic acids is 1. The normalized spacial score (nSPS) is 17.4. The highest BCUT2D eigenvalue weighted by atomic mass is 32.2. The molecule has 1 unspecified atom stereocenters. The largest absolute Gasteiger partial charge is 0.478 e. The van der Waals surface area contributed by atoms with Gasteiger partial charge in [-0.1, -0.05) is 69.7 Å². The van der Waals surface area contributed by atoms with Gasteiger partial charge in [0, 0.05) is 47.3 Å². The first kappa shape index (κ1) is 35.5. The van der Waals surface area contributed by atoms with Crippen LogP contribution in [-0.4, -0.2) is 48.2 Å². The van der Waals surface area contributed by atoms with Gasteiger partial charge in [-0.25, -0.2) is 14.8 Å². The standard InChI is InChI=1S/C42H49N7O3S/c1-25-9-5-10-26(2)37(25)32-21-36(47-41(46-32)48-53-31-16-8-15-29(19-31)40(50)51)52-24-34(38(27-11-6-12-27)28-13-7-14-28)44-23-30-22-43-33-20-35(42(3)17-18-42)49(4)39(33)45-30/h5,8-10,15-16,19-22,27-28,34,38,44H,6-7,11-14,17-18,23-24H2,1-4H3,(H,50,51)(H,46,47,48). The molecule has 0 spiro atoms. The smallest absolute Gasteiger partial charge is 0.335 e. The van der Waals surface area contributed by atoms with E-state index in [1.54, 1.807) is 18.2 Å². The Morgan fingerprint density at radius 1 is 1.00 bits per heavy atom. The van der Waals surface area contributed by atoms with E-state index in [4.69, 9.17) is 24.7 Å². The second kappa shape index (κ2) is 14.7. The van der Waals surface area contributed by atoms with E-state index in [1.165, 1.54) is 69.0 Å². The lowest BCUT2D eigenvalue weighted by Crippen LogP contribution is -2.49. The minimum absolute atomic E-state index is 0.112. The van der Waals surface area contributed by atoms with Crippen LogP contribution in [0.5, 0.6) is 5.88 Å². The van der Waals surface area contributed by atoms with Crippen molar-refractivity contribution >= 4 is 35.0 Å². The first-order valence-corrected chi connectivity index (χ1v) is 19.9. The molecule has 0 saturated heterocycles.